The standard InChI is InChI=1S/C13H18FNO2/c1-15(7-10-4-11(17)5-10)13-3-2-9(8-16)6-12(13)14/h2-3,6,10-11,16-17H,4-5,7-8H2,1H3. The summed E-state index contributed by atoms with van der Waals surface area (Å²) in [6.07, 6.45) is 1.44. The summed E-state index contributed by atoms with van der Waals surface area (Å²) in [5, 5.41) is 18.1. The molecular weight excluding hydrogens is 221 g/mol. The van der Waals surface area contributed by atoms with Gasteiger partial charge in [0.2, 0.25) is 0 Å². The minimum absolute atomic E-state index is 0.143. The summed E-state index contributed by atoms with van der Waals surface area (Å²) in [5.74, 6) is 0.144. The first kappa shape index (κ1) is 12.3. The van der Waals surface area contributed by atoms with Crippen LogP contribution in [0.3, 0.4) is 0 Å². The number of aliphatic hydroxyl groups is 2. The van der Waals surface area contributed by atoms with Crippen LogP contribution in [-0.4, -0.2) is 29.9 Å². The Balaban J connectivity index is 2.01. The SMILES string of the molecule is CN(CC1CC(O)C1)c1ccc(CO)cc1F. The Kier molecular flexibility index (Phi) is 3.64. The zero-order valence-electron chi connectivity index (χ0n) is 9.93. The molecule has 1 fully saturated rings. The smallest absolute Gasteiger partial charge is 0.146 e. The number of anilines is 1. The van der Waals surface area contributed by atoms with Crippen LogP contribution in [0.25, 0.3) is 0 Å². The van der Waals surface area contributed by atoms with E-state index in [-0.39, 0.29) is 18.5 Å². The monoisotopic (exact) mass is 239 g/mol. The summed E-state index contributed by atoms with van der Waals surface area (Å²) in [6.45, 7) is 0.613. The van der Waals surface area contributed by atoms with Crippen LogP contribution in [0.15, 0.2) is 18.2 Å². The van der Waals surface area contributed by atoms with Gasteiger partial charge in [-0.1, -0.05) is 6.07 Å². The second kappa shape index (κ2) is 5.02. The van der Waals surface area contributed by atoms with E-state index in [2.05, 4.69) is 0 Å². The number of rotatable bonds is 4. The lowest BCUT2D eigenvalue weighted by atomic mass is 9.82. The Hall–Kier alpha value is -1.13. The van der Waals surface area contributed by atoms with Gasteiger partial charge < -0.3 is 15.1 Å². The molecule has 1 saturated carbocycles. The molecule has 0 aromatic heterocycles. The third-order valence-electron chi connectivity index (χ3n) is 3.35. The van der Waals surface area contributed by atoms with E-state index in [0.29, 0.717) is 17.2 Å². The molecule has 1 aromatic rings. The predicted molar refractivity (Wildman–Crippen MR) is 64.3 cm³/mol. The highest BCUT2D eigenvalue weighted by atomic mass is 19.1. The molecule has 4 heteroatoms. The number of aliphatic hydroxyl groups excluding tert-OH is 2. The second-order valence-corrected chi connectivity index (χ2v) is 4.82. The molecule has 17 heavy (non-hydrogen) atoms. The van der Waals surface area contributed by atoms with Gasteiger partial charge in [0, 0.05) is 13.6 Å². The van der Waals surface area contributed by atoms with Crippen molar-refractivity contribution in [1.82, 2.24) is 0 Å². The summed E-state index contributed by atoms with van der Waals surface area (Å²) in [7, 11) is 1.85. The zero-order chi connectivity index (χ0) is 12.4. The first-order chi connectivity index (χ1) is 8.10. The van der Waals surface area contributed by atoms with Gasteiger partial charge in [0.05, 0.1) is 18.4 Å². The van der Waals surface area contributed by atoms with Crippen molar-refractivity contribution in [3.05, 3.63) is 29.6 Å². The molecule has 0 saturated heterocycles. The van der Waals surface area contributed by atoms with Crippen molar-refractivity contribution in [2.45, 2.75) is 25.6 Å². The van der Waals surface area contributed by atoms with Gasteiger partial charge in [-0.3, -0.25) is 0 Å². The average Bonchev–Trinajstić information content (AvgIpc) is 2.26. The van der Waals surface area contributed by atoms with E-state index in [9.17, 15) is 9.50 Å². The molecular formula is C13H18FNO2. The van der Waals surface area contributed by atoms with Gasteiger partial charge in [0.15, 0.2) is 0 Å². The van der Waals surface area contributed by atoms with E-state index in [4.69, 9.17) is 5.11 Å². The number of hydrogen-bond acceptors (Lipinski definition) is 3. The topological polar surface area (TPSA) is 43.7 Å². The van der Waals surface area contributed by atoms with Crippen LogP contribution in [0.4, 0.5) is 10.1 Å². The minimum Gasteiger partial charge on any atom is -0.393 e. The summed E-state index contributed by atoms with van der Waals surface area (Å²) < 4.78 is 13.7. The van der Waals surface area contributed by atoms with E-state index >= 15 is 0 Å². The molecule has 0 atom stereocenters. The number of benzene rings is 1. The Labute approximate surface area is 100 Å². The van der Waals surface area contributed by atoms with Crippen LogP contribution in [0.1, 0.15) is 18.4 Å². The number of hydrogen-bond donors (Lipinski definition) is 2. The maximum Gasteiger partial charge on any atom is 0.146 e. The van der Waals surface area contributed by atoms with Gasteiger partial charge >= 0.3 is 0 Å². The molecule has 0 heterocycles. The molecule has 1 aliphatic carbocycles. The predicted octanol–water partition coefficient (Wildman–Crippen LogP) is 1.53. The minimum atomic E-state index is -0.307. The van der Waals surface area contributed by atoms with Gasteiger partial charge in [-0.25, -0.2) is 4.39 Å². The molecule has 2 N–H and O–H groups in total. The quantitative estimate of drug-likeness (QED) is 0.837. The van der Waals surface area contributed by atoms with E-state index in [0.717, 1.165) is 19.4 Å². The van der Waals surface area contributed by atoms with Crippen LogP contribution in [0.2, 0.25) is 0 Å². The van der Waals surface area contributed by atoms with Crippen LogP contribution < -0.4 is 4.90 Å². The molecule has 0 spiro atoms. The highest BCUT2D eigenvalue weighted by Gasteiger charge is 2.28. The lowest BCUT2D eigenvalue weighted by Gasteiger charge is -2.35. The average molecular weight is 239 g/mol. The number of nitrogens with zero attached hydrogens (tertiary/aromatic N) is 1. The van der Waals surface area contributed by atoms with Gasteiger partial charge in [-0.15, -0.1) is 0 Å². The van der Waals surface area contributed by atoms with E-state index in [1.807, 2.05) is 11.9 Å². The zero-order valence-corrected chi connectivity index (χ0v) is 9.93. The van der Waals surface area contributed by atoms with Crippen molar-refractivity contribution in [3.8, 4) is 0 Å². The Morgan fingerprint density at radius 2 is 2.12 bits per heavy atom. The maximum absolute atomic E-state index is 13.7. The van der Waals surface area contributed by atoms with Crippen LogP contribution >= 0.6 is 0 Å². The fraction of sp³-hybridized carbons (Fsp3) is 0.538. The maximum atomic E-state index is 13.7. The molecule has 1 aliphatic rings. The fourth-order valence-electron chi connectivity index (χ4n) is 2.29. The van der Waals surface area contributed by atoms with Crippen molar-refractivity contribution in [3.63, 3.8) is 0 Å². The Bertz CT molecular complexity index is 391. The molecule has 2 rings (SSSR count). The Morgan fingerprint density at radius 3 is 2.65 bits per heavy atom. The van der Waals surface area contributed by atoms with Crippen LogP contribution in [0.5, 0.6) is 0 Å². The molecule has 1 aromatic carbocycles. The van der Waals surface area contributed by atoms with Gasteiger partial charge in [0.1, 0.15) is 5.82 Å². The van der Waals surface area contributed by atoms with Crippen molar-refractivity contribution in [1.29, 1.82) is 0 Å². The third kappa shape index (κ3) is 2.76. The molecule has 3 nitrogen and oxygen atoms in total. The first-order valence-corrected chi connectivity index (χ1v) is 5.88. The third-order valence-corrected chi connectivity index (χ3v) is 3.35. The molecule has 0 unspecified atom stereocenters. The lowest BCUT2D eigenvalue weighted by Crippen LogP contribution is -2.37. The molecule has 94 valence electrons. The number of halogens is 1. The van der Waals surface area contributed by atoms with Gasteiger partial charge in [0.25, 0.3) is 0 Å². The van der Waals surface area contributed by atoms with Gasteiger partial charge in [-0.2, -0.15) is 0 Å². The normalized spacial score (nSPS) is 23.3. The summed E-state index contributed by atoms with van der Waals surface area (Å²) in [5.41, 5.74) is 1.13. The lowest BCUT2D eigenvalue weighted by molar-refractivity contribution is 0.0464. The van der Waals surface area contributed by atoms with Crippen LogP contribution in [-0.2, 0) is 6.61 Å². The van der Waals surface area contributed by atoms with E-state index < -0.39 is 0 Å². The molecule has 0 aliphatic heterocycles. The van der Waals surface area contributed by atoms with Crippen molar-refractivity contribution < 1.29 is 14.6 Å². The van der Waals surface area contributed by atoms with E-state index in [1.54, 1.807) is 12.1 Å². The Morgan fingerprint density at radius 1 is 1.41 bits per heavy atom. The summed E-state index contributed by atoms with van der Waals surface area (Å²) in [6, 6.07) is 4.78. The molecule has 0 radical (unpaired) electrons. The van der Waals surface area contributed by atoms with Crippen molar-refractivity contribution in [2.75, 3.05) is 18.5 Å². The van der Waals surface area contributed by atoms with Gasteiger partial charge in [-0.05, 0) is 36.5 Å². The fourth-order valence-corrected chi connectivity index (χ4v) is 2.29. The van der Waals surface area contributed by atoms with Crippen molar-refractivity contribution in [2.24, 2.45) is 5.92 Å². The highest BCUT2D eigenvalue weighted by Crippen LogP contribution is 2.29. The molecule has 0 bridgehead atoms. The largest absolute Gasteiger partial charge is 0.393 e. The summed E-state index contributed by atoms with van der Waals surface area (Å²) in [4.78, 5) is 1.87. The second-order valence-electron chi connectivity index (χ2n) is 4.82. The van der Waals surface area contributed by atoms with Crippen LogP contribution in [0, 0.1) is 11.7 Å². The molecule has 0 amide bonds. The van der Waals surface area contributed by atoms with Crippen molar-refractivity contribution >= 4 is 5.69 Å². The first-order valence-electron chi connectivity index (χ1n) is 5.88. The summed E-state index contributed by atoms with van der Waals surface area (Å²) >= 11 is 0. The van der Waals surface area contributed by atoms with E-state index in [1.165, 1.54) is 6.07 Å². The highest BCUT2D eigenvalue weighted by molar-refractivity contribution is 5.48.